The number of primary sulfonamides is 1. The maximum Gasteiger partial charge on any atom is 0.240 e. The molecule has 0 fully saturated rings. The van der Waals surface area contributed by atoms with Crippen LogP contribution in [0.3, 0.4) is 0 Å². The van der Waals surface area contributed by atoms with Crippen LogP contribution in [0.4, 0.5) is 5.69 Å². The average Bonchev–Trinajstić information content (AvgIpc) is 2.37. The normalized spacial score (nSPS) is 11.3. The smallest absolute Gasteiger partial charge is 0.240 e. The Morgan fingerprint density at radius 1 is 1.11 bits per heavy atom. The summed E-state index contributed by atoms with van der Waals surface area (Å²) in [5.41, 5.74) is 2.45. The van der Waals surface area contributed by atoms with Gasteiger partial charge in [-0.15, -0.1) is 0 Å². The Morgan fingerprint density at radius 3 is 2.42 bits per heavy atom. The fourth-order valence-corrected chi connectivity index (χ4v) is 2.60. The fraction of sp³-hybridized carbons (Fsp3) is 0.143. The van der Waals surface area contributed by atoms with Gasteiger partial charge in [-0.1, -0.05) is 36.4 Å². The van der Waals surface area contributed by atoms with Crippen LogP contribution in [0.1, 0.15) is 11.1 Å². The minimum absolute atomic E-state index is 0.128. The highest BCUT2D eigenvalue weighted by Crippen LogP contribution is 2.22. The number of nitrogens with two attached hydrogens (primary N) is 1. The molecule has 0 aliphatic rings. The Hall–Kier alpha value is -1.85. The number of benzene rings is 2. The van der Waals surface area contributed by atoms with Gasteiger partial charge in [0.15, 0.2) is 0 Å². The van der Waals surface area contributed by atoms with Gasteiger partial charge in [0.05, 0.1) is 5.69 Å². The van der Waals surface area contributed by atoms with Crippen LogP contribution in [0.15, 0.2) is 53.4 Å². The molecule has 0 radical (unpaired) electrons. The SMILES string of the molecule is Cc1ccc(NCc2ccccc2)c(S(N)(=O)=O)c1. The molecule has 0 saturated heterocycles. The van der Waals surface area contributed by atoms with Crippen LogP contribution in [0.2, 0.25) is 0 Å². The lowest BCUT2D eigenvalue weighted by atomic mass is 10.2. The van der Waals surface area contributed by atoms with Crippen molar-refractivity contribution in [1.82, 2.24) is 0 Å². The van der Waals surface area contributed by atoms with Gasteiger partial charge in [-0.25, -0.2) is 13.6 Å². The summed E-state index contributed by atoms with van der Waals surface area (Å²) < 4.78 is 23.1. The summed E-state index contributed by atoms with van der Waals surface area (Å²) in [6.07, 6.45) is 0. The van der Waals surface area contributed by atoms with Crippen LogP contribution < -0.4 is 10.5 Å². The van der Waals surface area contributed by atoms with E-state index in [4.69, 9.17) is 5.14 Å². The van der Waals surface area contributed by atoms with Crippen molar-refractivity contribution in [1.29, 1.82) is 0 Å². The van der Waals surface area contributed by atoms with Crippen LogP contribution in [0, 0.1) is 6.92 Å². The van der Waals surface area contributed by atoms with E-state index in [0.717, 1.165) is 11.1 Å². The van der Waals surface area contributed by atoms with Crippen LogP contribution in [-0.4, -0.2) is 8.42 Å². The zero-order chi connectivity index (χ0) is 13.9. The molecular formula is C14H16N2O2S. The summed E-state index contributed by atoms with van der Waals surface area (Å²) in [6, 6.07) is 14.9. The Labute approximate surface area is 113 Å². The molecule has 0 saturated carbocycles. The number of sulfonamides is 1. The third-order valence-electron chi connectivity index (χ3n) is 2.77. The van der Waals surface area contributed by atoms with Crippen molar-refractivity contribution < 1.29 is 8.42 Å². The molecule has 0 aliphatic carbocycles. The zero-order valence-electron chi connectivity index (χ0n) is 10.6. The van der Waals surface area contributed by atoms with Crippen LogP contribution in [0.5, 0.6) is 0 Å². The van der Waals surface area contributed by atoms with Gasteiger partial charge in [0.1, 0.15) is 4.90 Å². The molecule has 0 amide bonds. The predicted octanol–water partition coefficient (Wildman–Crippen LogP) is 2.25. The molecule has 5 heteroatoms. The van der Waals surface area contributed by atoms with Gasteiger partial charge >= 0.3 is 0 Å². The van der Waals surface area contributed by atoms with E-state index in [2.05, 4.69) is 5.32 Å². The molecule has 0 heterocycles. The number of rotatable bonds is 4. The second-order valence-corrected chi connectivity index (χ2v) is 5.91. The number of hydrogen-bond acceptors (Lipinski definition) is 3. The lowest BCUT2D eigenvalue weighted by molar-refractivity contribution is 0.598. The van der Waals surface area contributed by atoms with Gasteiger partial charge in [0.2, 0.25) is 10.0 Å². The van der Waals surface area contributed by atoms with Crippen LogP contribution in [0.25, 0.3) is 0 Å². The highest BCUT2D eigenvalue weighted by Gasteiger charge is 2.13. The zero-order valence-corrected chi connectivity index (χ0v) is 11.4. The monoisotopic (exact) mass is 276 g/mol. The molecule has 100 valence electrons. The molecule has 3 N–H and O–H groups in total. The fourth-order valence-electron chi connectivity index (χ4n) is 1.80. The summed E-state index contributed by atoms with van der Waals surface area (Å²) >= 11 is 0. The summed E-state index contributed by atoms with van der Waals surface area (Å²) in [5, 5.41) is 8.33. The van der Waals surface area contributed by atoms with Crippen molar-refractivity contribution >= 4 is 15.7 Å². The highest BCUT2D eigenvalue weighted by atomic mass is 32.2. The lowest BCUT2D eigenvalue weighted by Gasteiger charge is -2.11. The molecule has 0 aliphatic heterocycles. The van der Waals surface area contributed by atoms with Crippen LogP contribution >= 0.6 is 0 Å². The Kier molecular flexibility index (Phi) is 3.87. The van der Waals surface area contributed by atoms with E-state index in [0.29, 0.717) is 12.2 Å². The van der Waals surface area contributed by atoms with Gasteiger partial charge in [0.25, 0.3) is 0 Å². The third-order valence-corrected chi connectivity index (χ3v) is 3.72. The van der Waals surface area contributed by atoms with E-state index < -0.39 is 10.0 Å². The van der Waals surface area contributed by atoms with Crippen molar-refractivity contribution in [3.05, 3.63) is 59.7 Å². The third kappa shape index (κ3) is 3.56. The van der Waals surface area contributed by atoms with Crippen LogP contribution in [-0.2, 0) is 16.6 Å². The Morgan fingerprint density at radius 2 is 1.79 bits per heavy atom. The minimum atomic E-state index is -3.72. The van der Waals surface area contributed by atoms with Crippen molar-refractivity contribution in [2.45, 2.75) is 18.4 Å². The lowest BCUT2D eigenvalue weighted by Crippen LogP contribution is -2.15. The van der Waals surface area contributed by atoms with E-state index in [9.17, 15) is 8.42 Å². The van der Waals surface area contributed by atoms with Gasteiger partial charge < -0.3 is 5.32 Å². The molecule has 2 aromatic rings. The Bertz CT molecular complexity index is 667. The molecule has 19 heavy (non-hydrogen) atoms. The average molecular weight is 276 g/mol. The maximum absolute atomic E-state index is 11.6. The Balaban J connectivity index is 2.26. The second kappa shape index (κ2) is 5.42. The van der Waals surface area contributed by atoms with E-state index in [1.165, 1.54) is 0 Å². The van der Waals surface area contributed by atoms with E-state index in [1.54, 1.807) is 12.1 Å². The summed E-state index contributed by atoms with van der Waals surface area (Å²) in [7, 11) is -3.72. The first-order chi connectivity index (χ1) is 8.97. The molecule has 0 unspecified atom stereocenters. The molecule has 2 rings (SSSR count). The molecule has 0 bridgehead atoms. The number of nitrogens with one attached hydrogen (secondary N) is 1. The van der Waals surface area contributed by atoms with Crippen molar-refractivity contribution in [3.8, 4) is 0 Å². The number of hydrogen-bond donors (Lipinski definition) is 2. The summed E-state index contributed by atoms with van der Waals surface area (Å²) in [6.45, 7) is 2.38. The van der Waals surface area contributed by atoms with E-state index in [1.807, 2.05) is 43.3 Å². The molecule has 2 aromatic carbocycles. The molecule has 4 nitrogen and oxygen atoms in total. The molecule has 0 atom stereocenters. The van der Waals surface area contributed by atoms with E-state index in [-0.39, 0.29) is 4.90 Å². The molecular weight excluding hydrogens is 260 g/mol. The first kappa shape index (κ1) is 13.6. The van der Waals surface area contributed by atoms with Crippen molar-refractivity contribution in [2.75, 3.05) is 5.32 Å². The highest BCUT2D eigenvalue weighted by molar-refractivity contribution is 7.89. The number of aryl methyl sites for hydroxylation is 1. The summed E-state index contributed by atoms with van der Waals surface area (Å²) in [4.78, 5) is 0.128. The second-order valence-electron chi connectivity index (χ2n) is 4.38. The predicted molar refractivity (Wildman–Crippen MR) is 76.3 cm³/mol. The summed E-state index contributed by atoms with van der Waals surface area (Å²) in [5.74, 6) is 0. The quantitative estimate of drug-likeness (QED) is 0.899. The largest absolute Gasteiger partial charge is 0.380 e. The number of anilines is 1. The first-order valence-electron chi connectivity index (χ1n) is 5.88. The van der Waals surface area contributed by atoms with Crippen molar-refractivity contribution in [3.63, 3.8) is 0 Å². The van der Waals surface area contributed by atoms with Crippen molar-refractivity contribution in [2.24, 2.45) is 5.14 Å². The standard InChI is InChI=1S/C14H16N2O2S/c1-11-7-8-13(14(9-11)19(15,17)18)16-10-12-5-3-2-4-6-12/h2-9,16H,10H2,1H3,(H2,15,17,18). The van der Waals surface area contributed by atoms with Gasteiger partial charge in [-0.2, -0.15) is 0 Å². The minimum Gasteiger partial charge on any atom is -0.380 e. The first-order valence-corrected chi connectivity index (χ1v) is 7.43. The topological polar surface area (TPSA) is 72.2 Å². The maximum atomic E-state index is 11.6. The van der Waals surface area contributed by atoms with Gasteiger partial charge in [-0.05, 0) is 30.2 Å². The van der Waals surface area contributed by atoms with Gasteiger partial charge in [0, 0.05) is 6.54 Å². The molecule has 0 aromatic heterocycles. The molecule has 0 spiro atoms. The van der Waals surface area contributed by atoms with E-state index >= 15 is 0 Å². The van der Waals surface area contributed by atoms with Gasteiger partial charge in [-0.3, -0.25) is 0 Å².